The second-order valence-electron chi connectivity index (χ2n) is 7.09. The summed E-state index contributed by atoms with van der Waals surface area (Å²) in [5.74, 6) is 0.621. The van der Waals surface area contributed by atoms with Crippen LogP contribution >= 0.6 is 35.0 Å². The second kappa shape index (κ2) is 9.42. The van der Waals surface area contributed by atoms with Gasteiger partial charge in [-0.25, -0.2) is 0 Å². The molecule has 0 saturated heterocycles. The van der Waals surface area contributed by atoms with Gasteiger partial charge in [0.1, 0.15) is 6.04 Å². The van der Waals surface area contributed by atoms with E-state index in [2.05, 4.69) is 17.1 Å². The Labute approximate surface area is 194 Å². The van der Waals surface area contributed by atoms with Gasteiger partial charge < -0.3 is 5.11 Å². The summed E-state index contributed by atoms with van der Waals surface area (Å²) >= 11 is 14.5. The standard InChI is InChI=1S/C22H20Cl2N4O2S/c1-2-11-31-22-27-26-21-17(8-10-19(29)30)25-20(14-5-3-4-6-16(14)24)15-12-13(23)7-9-18(15)28(21)22/h3-7,9,12,17H,2,8,10-11H2,1H3,(H,29,30)/t17-/m0/s1. The zero-order valence-electron chi connectivity index (χ0n) is 16.8. The van der Waals surface area contributed by atoms with Gasteiger partial charge in [-0.3, -0.25) is 14.4 Å². The Kier molecular flexibility index (Phi) is 6.65. The molecule has 1 atom stereocenters. The highest BCUT2D eigenvalue weighted by Gasteiger charge is 2.30. The van der Waals surface area contributed by atoms with Crippen LogP contribution in [-0.2, 0) is 4.79 Å². The molecule has 0 fully saturated rings. The Morgan fingerprint density at radius 1 is 1.16 bits per heavy atom. The predicted molar refractivity (Wildman–Crippen MR) is 124 cm³/mol. The average molecular weight is 475 g/mol. The number of aliphatic carboxylic acids is 1. The van der Waals surface area contributed by atoms with E-state index >= 15 is 0 Å². The van der Waals surface area contributed by atoms with Crippen LogP contribution in [0.4, 0.5) is 0 Å². The number of halogens is 2. The Hall–Kier alpha value is -2.35. The first-order chi connectivity index (χ1) is 15.0. The third-order valence-electron chi connectivity index (χ3n) is 4.89. The molecule has 0 radical (unpaired) electrons. The topological polar surface area (TPSA) is 80.4 Å². The van der Waals surface area contributed by atoms with E-state index in [4.69, 9.17) is 28.2 Å². The quantitative estimate of drug-likeness (QED) is 0.435. The first kappa shape index (κ1) is 21.9. The summed E-state index contributed by atoms with van der Waals surface area (Å²) in [6, 6.07) is 12.6. The van der Waals surface area contributed by atoms with Crippen molar-refractivity contribution in [2.75, 3.05) is 5.75 Å². The minimum absolute atomic E-state index is 0.0363. The van der Waals surface area contributed by atoms with Crippen molar-refractivity contribution in [2.45, 2.75) is 37.4 Å². The van der Waals surface area contributed by atoms with Crippen LogP contribution in [0.15, 0.2) is 52.6 Å². The molecule has 1 aliphatic rings. The molecule has 0 aliphatic carbocycles. The van der Waals surface area contributed by atoms with Crippen LogP contribution in [0, 0.1) is 0 Å². The van der Waals surface area contributed by atoms with E-state index in [1.54, 1.807) is 11.8 Å². The zero-order valence-corrected chi connectivity index (χ0v) is 19.1. The fourth-order valence-corrected chi connectivity index (χ4v) is 4.71. The van der Waals surface area contributed by atoms with Crippen LogP contribution in [0.2, 0.25) is 10.0 Å². The number of fused-ring (bicyclic) bond motifs is 3. The molecule has 0 saturated carbocycles. The van der Waals surface area contributed by atoms with Crippen LogP contribution in [-0.4, -0.2) is 37.3 Å². The number of aromatic nitrogens is 3. The Morgan fingerprint density at radius 3 is 2.71 bits per heavy atom. The molecule has 31 heavy (non-hydrogen) atoms. The Balaban J connectivity index is 1.97. The lowest BCUT2D eigenvalue weighted by atomic mass is 10.00. The van der Waals surface area contributed by atoms with E-state index in [-0.39, 0.29) is 6.42 Å². The highest BCUT2D eigenvalue weighted by molar-refractivity contribution is 7.99. The molecule has 6 nitrogen and oxygen atoms in total. The summed E-state index contributed by atoms with van der Waals surface area (Å²) in [7, 11) is 0. The highest BCUT2D eigenvalue weighted by Crippen LogP contribution is 2.37. The Bertz CT molecular complexity index is 1160. The number of nitrogens with zero attached hydrogens (tertiary/aromatic N) is 4. The third-order valence-corrected chi connectivity index (χ3v) is 6.59. The minimum atomic E-state index is -0.883. The smallest absolute Gasteiger partial charge is 0.303 e. The molecule has 9 heteroatoms. The lowest BCUT2D eigenvalue weighted by molar-refractivity contribution is -0.137. The van der Waals surface area contributed by atoms with Gasteiger partial charge in [0.05, 0.1) is 11.4 Å². The molecule has 0 unspecified atom stereocenters. The summed E-state index contributed by atoms with van der Waals surface area (Å²) in [6.07, 6.45) is 1.25. The minimum Gasteiger partial charge on any atom is -0.481 e. The lowest BCUT2D eigenvalue weighted by Crippen LogP contribution is -2.08. The predicted octanol–water partition coefficient (Wildman–Crippen LogP) is 5.83. The van der Waals surface area contributed by atoms with Gasteiger partial charge in [0.2, 0.25) is 0 Å². The fraction of sp³-hybridized carbons (Fsp3) is 0.273. The molecule has 2 heterocycles. The van der Waals surface area contributed by atoms with E-state index in [0.29, 0.717) is 28.0 Å². The molecule has 4 rings (SSSR count). The summed E-state index contributed by atoms with van der Waals surface area (Å²) < 4.78 is 1.98. The van der Waals surface area contributed by atoms with Crippen LogP contribution in [0.25, 0.3) is 5.69 Å². The molecule has 160 valence electrons. The molecule has 0 bridgehead atoms. The van der Waals surface area contributed by atoms with Crippen molar-refractivity contribution in [2.24, 2.45) is 4.99 Å². The number of rotatable bonds is 7. The summed E-state index contributed by atoms with van der Waals surface area (Å²) in [6.45, 7) is 2.11. The number of hydrogen-bond donors (Lipinski definition) is 1. The first-order valence-corrected chi connectivity index (χ1v) is 11.7. The Morgan fingerprint density at radius 2 is 1.97 bits per heavy atom. The summed E-state index contributed by atoms with van der Waals surface area (Å²) in [5.41, 5.74) is 3.07. The number of carboxylic acids is 1. The van der Waals surface area contributed by atoms with Gasteiger partial charge in [-0.05, 0) is 37.1 Å². The van der Waals surface area contributed by atoms with Gasteiger partial charge in [-0.1, -0.05) is 60.1 Å². The SMILES string of the molecule is CCCSc1nnc2n1-c1ccc(Cl)cc1C(c1ccccc1Cl)=N[C@H]2CCC(=O)O. The maximum Gasteiger partial charge on any atom is 0.303 e. The van der Waals surface area contributed by atoms with Gasteiger partial charge in [0, 0.05) is 33.3 Å². The first-order valence-electron chi connectivity index (χ1n) is 9.92. The number of carboxylic acid groups (broad SMARTS) is 1. The van der Waals surface area contributed by atoms with Crippen LogP contribution in [0.1, 0.15) is 49.2 Å². The van der Waals surface area contributed by atoms with Gasteiger partial charge >= 0.3 is 5.97 Å². The van der Waals surface area contributed by atoms with Gasteiger partial charge in [-0.15, -0.1) is 10.2 Å². The number of thioether (sulfide) groups is 1. The molecule has 1 aliphatic heterocycles. The summed E-state index contributed by atoms with van der Waals surface area (Å²) in [4.78, 5) is 16.3. The van der Waals surface area contributed by atoms with Gasteiger partial charge in [-0.2, -0.15) is 0 Å². The van der Waals surface area contributed by atoms with Crippen molar-refractivity contribution >= 4 is 46.6 Å². The van der Waals surface area contributed by atoms with Crippen molar-refractivity contribution in [3.63, 3.8) is 0 Å². The van der Waals surface area contributed by atoms with E-state index in [9.17, 15) is 9.90 Å². The zero-order chi connectivity index (χ0) is 22.0. The highest BCUT2D eigenvalue weighted by atomic mass is 35.5. The van der Waals surface area contributed by atoms with Crippen LogP contribution in [0.3, 0.4) is 0 Å². The largest absolute Gasteiger partial charge is 0.481 e. The number of hydrogen-bond acceptors (Lipinski definition) is 5. The summed E-state index contributed by atoms with van der Waals surface area (Å²) in [5, 5.41) is 20.0. The number of carbonyl (C=O) groups is 1. The molecule has 1 N–H and O–H groups in total. The molecule has 3 aromatic rings. The molecule has 2 aromatic carbocycles. The van der Waals surface area contributed by atoms with Crippen LogP contribution in [0.5, 0.6) is 0 Å². The van der Waals surface area contributed by atoms with E-state index in [0.717, 1.165) is 34.1 Å². The van der Waals surface area contributed by atoms with Crippen molar-refractivity contribution in [3.8, 4) is 5.69 Å². The lowest BCUT2D eigenvalue weighted by Gasteiger charge is -2.14. The van der Waals surface area contributed by atoms with Crippen LogP contribution < -0.4 is 0 Å². The monoisotopic (exact) mass is 474 g/mol. The molecule has 1 aromatic heterocycles. The third kappa shape index (κ3) is 4.49. The normalized spacial score (nSPS) is 15.1. The van der Waals surface area contributed by atoms with Gasteiger partial charge in [0.25, 0.3) is 0 Å². The van der Waals surface area contributed by atoms with E-state index in [1.807, 2.05) is 47.0 Å². The molecule has 0 amide bonds. The molecule has 0 spiro atoms. The number of benzene rings is 2. The van der Waals surface area contributed by atoms with Crippen molar-refractivity contribution in [1.29, 1.82) is 0 Å². The second-order valence-corrected chi connectivity index (χ2v) is 9.00. The molecular weight excluding hydrogens is 455 g/mol. The van der Waals surface area contributed by atoms with E-state index < -0.39 is 12.0 Å². The average Bonchev–Trinajstić information content (AvgIpc) is 3.11. The number of aliphatic imine (C=N–C) groups is 1. The van der Waals surface area contributed by atoms with E-state index in [1.165, 1.54) is 0 Å². The molecular formula is C22H20Cl2N4O2S. The van der Waals surface area contributed by atoms with Crippen molar-refractivity contribution in [3.05, 3.63) is 69.5 Å². The maximum atomic E-state index is 11.3. The van der Waals surface area contributed by atoms with Crippen molar-refractivity contribution < 1.29 is 9.90 Å². The fourth-order valence-electron chi connectivity index (χ4n) is 3.51. The maximum absolute atomic E-state index is 11.3. The van der Waals surface area contributed by atoms with Gasteiger partial charge in [0.15, 0.2) is 11.0 Å². The van der Waals surface area contributed by atoms with Crippen molar-refractivity contribution in [1.82, 2.24) is 14.8 Å².